The molecule has 3 heteroatoms. The van der Waals surface area contributed by atoms with Crippen LogP contribution in [0.15, 0.2) is 64.2 Å². The lowest BCUT2D eigenvalue weighted by atomic mass is 9.70. The van der Waals surface area contributed by atoms with Gasteiger partial charge in [-0.3, -0.25) is 4.99 Å². The normalized spacial score (nSPS) is 35.5. The average molecular weight is 239 g/mol. The maximum Gasteiger partial charge on any atom is 0.118 e. The Bertz CT molecular complexity index is 604. The fourth-order valence-electron chi connectivity index (χ4n) is 3.18. The van der Waals surface area contributed by atoms with Crippen LogP contribution < -0.4 is 0 Å². The molecule has 4 rings (SSSR count). The van der Waals surface area contributed by atoms with Crippen molar-refractivity contribution in [2.24, 2.45) is 10.4 Å². The molecule has 1 N–H and O–H groups in total. The molecule has 0 aromatic carbocycles. The van der Waals surface area contributed by atoms with Crippen molar-refractivity contribution >= 4 is 6.21 Å². The minimum Gasteiger partial charge on any atom is -0.464 e. The number of nitrogens with zero attached hydrogens (tertiary/aromatic N) is 1. The van der Waals surface area contributed by atoms with E-state index in [-0.39, 0.29) is 5.41 Å². The third-order valence-electron chi connectivity index (χ3n) is 3.94. The summed E-state index contributed by atoms with van der Waals surface area (Å²) in [7, 11) is 0. The molecule has 3 nitrogen and oxygen atoms in total. The Morgan fingerprint density at radius 1 is 1.44 bits per heavy atom. The molecule has 18 heavy (non-hydrogen) atoms. The smallest absolute Gasteiger partial charge is 0.118 e. The highest BCUT2D eigenvalue weighted by Gasteiger charge is 2.48. The third-order valence-corrected chi connectivity index (χ3v) is 3.94. The molecule has 2 atom stereocenters. The molecule has 1 spiro atoms. The van der Waals surface area contributed by atoms with Crippen LogP contribution in [0.25, 0.3) is 0 Å². The molecule has 0 radical (unpaired) electrons. The van der Waals surface area contributed by atoms with Crippen molar-refractivity contribution in [1.29, 1.82) is 0 Å². The summed E-state index contributed by atoms with van der Waals surface area (Å²) in [6, 6.07) is 0. The first-order valence-corrected chi connectivity index (χ1v) is 6.19. The third kappa shape index (κ3) is 1.14. The zero-order valence-corrected chi connectivity index (χ0v) is 9.84. The summed E-state index contributed by atoms with van der Waals surface area (Å²) in [6.45, 7) is 0. The second kappa shape index (κ2) is 3.33. The van der Waals surface area contributed by atoms with Crippen LogP contribution in [0.1, 0.15) is 12.8 Å². The van der Waals surface area contributed by atoms with Gasteiger partial charge in [0, 0.05) is 24.4 Å². The van der Waals surface area contributed by atoms with E-state index < -0.39 is 6.10 Å². The quantitative estimate of drug-likeness (QED) is 0.705. The van der Waals surface area contributed by atoms with Crippen LogP contribution in [-0.2, 0) is 4.74 Å². The Morgan fingerprint density at radius 2 is 2.39 bits per heavy atom. The summed E-state index contributed by atoms with van der Waals surface area (Å²) < 4.78 is 5.98. The van der Waals surface area contributed by atoms with E-state index in [4.69, 9.17) is 4.74 Å². The van der Waals surface area contributed by atoms with Gasteiger partial charge in [0.2, 0.25) is 0 Å². The van der Waals surface area contributed by atoms with Gasteiger partial charge in [0.25, 0.3) is 0 Å². The van der Waals surface area contributed by atoms with Crippen molar-refractivity contribution < 1.29 is 9.84 Å². The van der Waals surface area contributed by atoms with Crippen LogP contribution in [0.5, 0.6) is 0 Å². The van der Waals surface area contributed by atoms with Crippen molar-refractivity contribution in [3.05, 3.63) is 59.2 Å². The molecule has 0 saturated heterocycles. The van der Waals surface area contributed by atoms with Crippen LogP contribution in [0, 0.1) is 5.41 Å². The number of rotatable bonds is 0. The zero-order chi connectivity index (χ0) is 12.2. The number of hydrogen-bond donors (Lipinski definition) is 1. The van der Waals surface area contributed by atoms with Crippen LogP contribution in [0.2, 0.25) is 0 Å². The van der Waals surface area contributed by atoms with E-state index in [1.807, 2.05) is 30.6 Å². The van der Waals surface area contributed by atoms with Crippen LogP contribution in [-0.4, -0.2) is 17.4 Å². The number of aliphatic hydroxyl groups is 1. The van der Waals surface area contributed by atoms with Gasteiger partial charge in [-0.15, -0.1) is 0 Å². The molecule has 2 aliphatic heterocycles. The highest BCUT2D eigenvalue weighted by molar-refractivity contribution is 5.88. The molecule has 0 aromatic heterocycles. The second-order valence-electron chi connectivity index (χ2n) is 5.02. The van der Waals surface area contributed by atoms with Gasteiger partial charge in [0.05, 0.1) is 11.5 Å². The molecule has 2 heterocycles. The molecule has 90 valence electrons. The minimum atomic E-state index is -0.478. The molecular weight excluding hydrogens is 226 g/mol. The molecule has 0 bridgehead atoms. The summed E-state index contributed by atoms with van der Waals surface area (Å²) in [6.07, 6.45) is 14.8. The molecule has 0 saturated carbocycles. The standard InChI is InChI=1S/C15H13NO2/c17-11-7-10-9-16-6-5-15-4-2-1-3-13(15)18-12(8-11)14(10)15/h1-3,5-7,9,11,17H,4,8H2. The van der Waals surface area contributed by atoms with Gasteiger partial charge < -0.3 is 9.84 Å². The van der Waals surface area contributed by atoms with E-state index >= 15 is 0 Å². The average Bonchev–Trinajstić information content (AvgIpc) is 2.57. The maximum absolute atomic E-state index is 9.88. The predicted molar refractivity (Wildman–Crippen MR) is 68.7 cm³/mol. The molecule has 4 aliphatic rings. The van der Waals surface area contributed by atoms with Gasteiger partial charge in [0.1, 0.15) is 11.5 Å². The first kappa shape index (κ1) is 10.1. The monoisotopic (exact) mass is 239 g/mol. The lowest BCUT2D eigenvalue weighted by Gasteiger charge is -2.29. The topological polar surface area (TPSA) is 41.8 Å². The number of ether oxygens (including phenoxy) is 1. The van der Waals surface area contributed by atoms with Crippen molar-refractivity contribution in [3.8, 4) is 0 Å². The lowest BCUT2D eigenvalue weighted by Crippen LogP contribution is -2.23. The number of allylic oxidation sites excluding steroid dienone is 5. The van der Waals surface area contributed by atoms with Crippen LogP contribution in [0.4, 0.5) is 0 Å². The highest BCUT2D eigenvalue weighted by Crippen LogP contribution is 2.55. The van der Waals surface area contributed by atoms with E-state index in [1.165, 1.54) is 5.57 Å². The Kier molecular flexibility index (Phi) is 1.87. The van der Waals surface area contributed by atoms with Crippen molar-refractivity contribution in [3.63, 3.8) is 0 Å². The number of aliphatic hydroxyl groups excluding tert-OH is 1. The van der Waals surface area contributed by atoms with Gasteiger partial charge in [-0.25, -0.2) is 0 Å². The lowest BCUT2D eigenvalue weighted by molar-refractivity contribution is 0.188. The van der Waals surface area contributed by atoms with Gasteiger partial charge in [0.15, 0.2) is 0 Å². The van der Waals surface area contributed by atoms with Gasteiger partial charge in [-0.1, -0.05) is 12.2 Å². The summed E-state index contributed by atoms with van der Waals surface area (Å²) in [5.41, 5.74) is 1.97. The summed E-state index contributed by atoms with van der Waals surface area (Å²) in [4.78, 5) is 4.27. The first-order chi connectivity index (χ1) is 8.79. The van der Waals surface area contributed by atoms with Crippen LogP contribution in [0.3, 0.4) is 0 Å². The fraction of sp³-hybridized carbons (Fsp3) is 0.267. The highest BCUT2D eigenvalue weighted by atomic mass is 16.5. The van der Waals surface area contributed by atoms with E-state index in [0.29, 0.717) is 6.42 Å². The van der Waals surface area contributed by atoms with Crippen molar-refractivity contribution in [2.75, 3.05) is 0 Å². The Labute approximate surface area is 105 Å². The first-order valence-electron chi connectivity index (χ1n) is 6.19. The van der Waals surface area contributed by atoms with E-state index in [1.54, 1.807) is 0 Å². The van der Waals surface area contributed by atoms with Gasteiger partial charge in [-0.05, 0) is 30.2 Å². The van der Waals surface area contributed by atoms with Gasteiger partial charge in [-0.2, -0.15) is 0 Å². The number of aliphatic imine (C=N–C) groups is 1. The van der Waals surface area contributed by atoms with E-state index in [2.05, 4.69) is 17.1 Å². The summed E-state index contributed by atoms with van der Waals surface area (Å²) in [5.74, 6) is 1.85. The van der Waals surface area contributed by atoms with Crippen molar-refractivity contribution in [1.82, 2.24) is 0 Å². The Morgan fingerprint density at radius 3 is 3.33 bits per heavy atom. The Balaban J connectivity index is 1.97. The Hall–Kier alpha value is -1.87. The van der Waals surface area contributed by atoms with Gasteiger partial charge >= 0.3 is 0 Å². The molecule has 0 fully saturated rings. The molecule has 0 amide bonds. The van der Waals surface area contributed by atoms with Crippen molar-refractivity contribution in [2.45, 2.75) is 18.9 Å². The molecule has 2 unspecified atom stereocenters. The second-order valence-corrected chi connectivity index (χ2v) is 5.02. The van der Waals surface area contributed by atoms with E-state index in [0.717, 1.165) is 23.5 Å². The molecular formula is C15H13NO2. The maximum atomic E-state index is 9.88. The number of hydrogen-bond acceptors (Lipinski definition) is 3. The predicted octanol–water partition coefficient (Wildman–Crippen LogP) is 2.39. The summed E-state index contributed by atoms with van der Waals surface area (Å²) in [5, 5.41) is 9.88. The molecule has 0 aromatic rings. The SMILES string of the molecule is OC1C=C2C=NC=CC34CC=CC=C3OC(=C24)C1. The minimum absolute atomic E-state index is 0.202. The molecule has 2 aliphatic carbocycles. The fourth-order valence-corrected chi connectivity index (χ4v) is 3.18. The van der Waals surface area contributed by atoms with Crippen LogP contribution >= 0.6 is 0 Å². The van der Waals surface area contributed by atoms with E-state index in [9.17, 15) is 5.11 Å². The summed E-state index contributed by atoms with van der Waals surface area (Å²) >= 11 is 0. The zero-order valence-electron chi connectivity index (χ0n) is 9.84. The largest absolute Gasteiger partial charge is 0.464 e.